The van der Waals surface area contributed by atoms with E-state index in [2.05, 4.69) is 10.2 Å². The quantitative estimate of drug-likeness (QED) is 0.828. The number of piperidine rings is 1. The highest BCUT2D eigenvalue weighted by atomic mass is 16.2. The molecule has 114 valence electrons. The zero-order valence-electron chi connectivity index (χ0n) is 12.0. The van der Waals surface area contributed by atoms with Gasteiger partial charge in [0.1, 0.15) is 11.5 Å². The standard InChI is InChI=1S/C14H21N5O2/c15-12-9-11(16-17-12)14(21)19-7-3-10(4-8-19)13(20)18-5-1-2-6-18/h9-10H,1-8H2,(H3,15,16,17). The minimum Gasteiger partial charge on any atom is -0.382 e. The van der Waals surface area contributed by atoms with Crippen molar-refractivity contribution in [2.45, 2.75) is 25.7 Å². The van der Waals surface area contributed by atoms with E-state index in [0.717, 1.165) is 38.8 Å². The second-order valence-corrected chi connectivity index (χ2v) is 5.81. The van der Waals surface area contributed by atoms with Gasteiger partial charge in [-0.1, -0.05) is 0 Å². The SMILES string of the molecule is Nc1cc(C(=O)N2CCC(C(=O)N3CCCC3)CC2)[nH]n1. The van der Waals surface area contributed by atoms with E-state index < -0.39 is 0 Å². The molecule has 2 amide bonds. The lowest BCUT2D eigenvalue weighted by Gasteiger charge is -2.32. The number of aromatic amines is 1. The maximum atomic E-state index is 12.3. The smallest absolute Gasteiger partial charge is 0.271 e. The first kappa shape index (κ1) is 13.9. The zero-order valence-corrected chi connectivity index (χ0v) is 12.0. The average molecular weight is 291 g/mol. The Morgan fingerprint density at radius 2 is 1.81 bits per heavy atom. The molecule has 7 heteroatoms. The largest absolute Gasteiger partial charge is 0.382 e. The van der Waals surface area contributed by atoms with Crippen LogP contribution in [0.4, 0.5) is 5.82 Å². The van der Waals surface area contributed by atoms with Gasteiger partial charge in [-0.05, 0) is 25.7 Å². The van der Waals surface area contributed by atoms with Crippen molar-refractivity contribution in [1.29, 1.82) is 0 Å². The van der Waals surface area contributed by atoms with Gasteiger partial charge in [0.05, 0.1) is 0 Å². The number of hydrogen-bond acceptors (Lipinski definition) is 4. The Labute approximate surface area is 123 Å². The lowest BCUT2D eigenvalue weighted by atomic mass is 9.95. The summed E-state index contributed by atoms with van der Waals surface area (Å²) in [5, 5.41) is 6.41. The molecule has 2 saturated heterocycles. The summed E-state index contributed by atoms with van der Waals surface area (Å²) in [6.07, 6.45) is 3.71. The molecule has 0 saturated carbocycles. The Balaban J connectivity index is 1.55. The summed E-state index contributed by atoms with van der Waals surface area (Å²) >= 11 is 0. The molecule has 2 fully saturated rings. The predicted octanol–water partition coefficient (Wildman–Crippen LogP) is 0.466. The topological polar surface area (TPSA) is 95.3 Å². The van der Waals surface area contributed by atoms with Crippen LogP contribution in [0, 0.1) is 5.92 Å². The molecule has 0 unspecified atom stereocenters. The van der Waals surface area contributed by atoms with Crippen LogP contribution < -0.4 is 5.73 Å². The van der Waals surface area contributed by atoms with Crippen LogP contribution in [-0.4, -0.2) is 58.0 Å². The van der Waals surface area contributed by atoms with Crippen LogP contribution >= 0.6 is 0 Å². The molecule has 21 heavy (non-hydrogen) atoms. The number of carbonyl (C=O) groups is 2. The molecular weight excluding hydrogens is 270 g/mol. The number of carbonyl (C=O) groups excluding carboxylic acids is 2. The molecule has 0 bridgehead atoms. The molecule has 3 rings (SSSR count). The Morgan fingerprint density at radius 1 is 1.14 bits per heavy atom. The number of nitrogens with one attached hydrogen (secondary N) is 1. The minimum atomic E-state index is -0.0914. The second kappa shape index (κ2) is 5.75. The van der Waals surface area contributed by atoms with E-state index in [4.69, 9.17) is 5.73 Å². The maximum absolute atomic E-state index is 12.3. The lowest BCUT2D eigenvalue weighted by molar-refractivity contribution is -0.135. The second-order valence-electron chi connectivity index (χ2n) is 5.81. The third kappa shape index (κ3) is 2.86. The summed E-state index contributed by atoms with van der Waals surface area (Å²) in [5.41, 5.74) is 5.93. The number of nitrogens with two attached hydrogens (primary N) is 1. The van der Waals surface area contributed by atoms with E-state index in [0.29, 0.717) is 24.6 Å². The molecule has 3 heterocycles. The molecule has 0 atom stereocenters. The summed E-state index contributed by atoms with van der Waals surface area (Å²) in [6, 6.07) is 1.55. The lowest BCUT2D eigenvalue weighted by Crippen LogP contribution is -2.43. The van der Waals surface area contributed by atoms with Crippen LogP contribution in [0.1, 0.15) is 36.2 Å². The van der Waals surface area contributed by atoms with Gasteiger partial charge in [0.25, 0.3) is 5.91 Å². The Kier molecular flexibility index (Phi) is 3.81. The van der Waals surface area contributed by atoms with Gasteiger partial charge in [0, 0.05) is 38.2 Å². The molecule has 0 aromatic carbocycles. The van der Waals surface area contributed by atoms with Gasteiger partial charge in [0.15, 0.2) is 0 Å². The first-order valence-electron chi connectivity index (χ1n) is 7.54. The molecule has 2 aliphatic heterocycles. The van der Waals surface area contributed by atoms with Gasteiger partial charge in [0.2, 0.25) is 5.91 Å². The summed E-state index contributed by atoms with van der Waals surface area (Å²) in [7, 11) is 0. The molecule has 0 spiro atoms. The van der Waals surface area contributed by atoms with Gasteiger partial charge in [-0.2, -0.15) is 5.10 Å². The molecule has 1 aromatic rings. The first-order valence-corrected chi connectivity index (χ1v) is 7.54. The van der Waals surface area contributed by atoms with Crippen LogP contribution in [0.2, 0.25) is 0 Å². The van der Waals surface area contributed by atoms with Crippen molar-refractivity contribution in [1.82, 2.24) is 20.0 Å². The summed E-state index contributed by atoms with van der Waals surface area (Å²) in [4.78, 5) is 28.3. The molecule has 7 nitrogen and oxygen atoms in total. The van der Waals surface area contributed by atoms with Crippen LogP contribution in [0.15, 0.2) is 6.07 Å². The van der Waals surface area contributed by atoms with Crippen molar-refractivity contribution in [3.05, 3.63) is 11.8 Å². The third-order valence-corrected chi connectivity index (χ3v) is 4.38. The maximum Gasteiger partial charge on any atom is 0.271 e. The van der Waals surface area contributed by atoms with Gasteiger partial charge in [-0.3, -0.25) is 14.7 Å². The van der Waals surface area contributed by atoms with Gasteiger partial charge >= 0.3 is 0 Å². The fourth-order valence-corrected chi connectivity index (χ4v) is 3.14. The fourth-order valence-electron chi connectivity index (χ4n) is 3.14. The molecular formula is C14H21N5O2. The van der Waals surface area contributed by atoms with Gasteiger partial charge < -0.3 is 15.5 Å². The summed E-state index contributed by atoms with van der Waals surface area (Å²) < 4.78 is 0. The van der Waals surface area contributed by atoms with Crippen molar-refractivity contribution < 1.29 is 9.59 Å². The van der Waals surface area contributed by atoms with E-state index in [1.807, 2.05) is 4.90 Å². The monoisotopic (exact) mass is 291 g/mol. The average Bonchev–Trinajstić information content (AvgIpc) is 3.17. The summed E-state index contributed by atoms with van der Waals surface area (Å²) in [5.74, 6) is 0.563. The van der Waals surface area contributed by atoms with E-state index >= 15 is 0 Å². The number of likely N-dealkylation sites (tertiary alicyclic amines) is 2. The number of nitrogen functional groups attached to an aromatic ring is 1. The zero-order chi connectivity index (χ0) is 14.8. The molecule has 3 N–H and O–H groups in total. The third-order valence-electron chi connectivity index (χ3n) is 4.38. The highest BCUT2D eigenvalue weighted by Crippen LogP contribution is 2.23. The van der Waals surface area contributed by atoms with E-state index in [1.165, 1.54) is 0 Å². The van der Waals surface area contributed by atoms with Crippen molar-refractivity contribution in [3.63, 3.8) is 0 Å². The van der Waals surface area contributed by atoms with Gasteiger partial charge in [-0.15, -0.1) is 0 Å². The molecule has 0 radical (unpaired) electrons. The number of anilines is 1. The van der Waals surface area contributed by atoms with E-state index in [-0.39, 0.29) is 17.7 Å². The van der Waals surface area contributed by atoms with E-state index in [1.54, 1.807) is 11.0 Å². The highest BCUT2D eigenvalue weighted by molar-refractivity contribution is 5.93. The van der Waals surface area contributed by atoms with Crippen LogP contribution in [0.3, 0.4) is 0 Å². The highest BCUT2D eigenvalue weighted by Gasteiger charge is 2.31. The number of rotatable bonds is 2. The molecule has 2 aliphatic rings. The number of aromatic nitrogens is 2. The van der Waals surface area contributed by atoms with Crippen molar-refractivity contribution >= 4 is 17.6 Å². The Bertz CT molecular complexity index is 527. The number of nitrogens with zero attached hydrogens (tertiary/aromatic N) is 3. The molecule has 0 aliphatic carbocycles. The number of H-pyrrole nitrogens is 1. The minimum absolute atomic E-state index is 0.0685. The van der Waals surface area contributed by atoms with Crippen LogP contribution in [0.25, 0.3) is 0 Å². The molecule has 1 aromatic heterocycles. The van der Waals surface area contributed by atoms with Crippen molar-refractivity contribution in [3.8, 4) is 0 Å². The Morgan fingerprint density at radius 3 is 2.38 bits per heavy atom. The number of amides is 2. The van der Waals surface area contributed by atoms with Gasteiger partial charge in [-0.25, -0.2) is 0 Å². The van der Waals surface area contributed by atoms with E-state index in [9.17, 15) is 9.59 Å². The Hall–Kier alpha value is -2.05. The van der Waals surface area contributed by atoms with Crippen molar-refractivity contribution in [2.24, 2.45) is 5.92 Å². The van der Waals surface area contributed by atoms with Crippen LogP contribution in [-0.2, 0) is 4.79 Å². The fraction of sp³-hybridized carbons (Fsp3) is 0.643. The van der Waals surface area contributed by atoms with Crippen molar-refractivity contribution in [2.75, 3.05) is 31.9 Å². The summed E-state index contributed by atoms with van der Waals surface area (Å²) in [6.45, 7) is 3.01. The predicted molar refractivity (Wildman–Crippen MR) is 77.4 cm³/mol. The normalized spacial score (nSPS) is 20.0. The first-order chi connectivity index (χ1) is 10.1. The van der Waals surface area contributed by atoms with Crippen LogP contribution in [0.5, 0.6) is 0 Å². The number of hydrogen-bond donors (Lipinski definition) is 2.